The maximum atomic E-state index is 15.0. The predicted molar refractivity (Wildman–Crippen MR) is 135 cm³/mol. The third-order valence-electron chi connectivity index (χ3n) is 7.30. The van der Waals surface area contributed by atoms with Crippen molar-refractivity contribution in [3.63, 3.8) is 0 Å². The van der Waals surface area contributed by atoms with Crippen molar-refractivity contribution in [2.75, 3.05) is 43.4 Å². The summed E-state index contributed by atoms with van der Waals surface area (Å²) in [5.41, 5.74) is 2.14. The topological polar surface area (TPSA) is 83.4 Å². The van der Waals surface area contributed by atoms with E-state index in [4.69, 9.17) is 0 Å². The van der Waals surface area contributed by atoms with Gasteiger partial charge in [0, 0.05) is 49.5 Å². The van der Waals surface area contributed by atoms with Gasteiger partial charge in [-0.3, -0.25) is 14.2 Å². The first-order chi connectivity index (χ1) is 16.8. The van der Waals surface area contributed by atoms with Crippen molar-refractivity contribution in [2.45, 2.75) is 45.6 Å². The lowest BCUT2D eigenvalue weighted by atomic mass is 10.0. The average molecular weight is 479 g/mol. The number of nitrogens with zero attached hydrogens (tertiary/aromatic N) is 5. The molecule has 0 spiro atoms. The number of anilines is 3. The molecule has 1 saturated heterocycles. The molecule has 3 aromatic rings. The van der Waals surface area contributed by atoms with Crippen LogP contribution in [0.2, 0.25) is 0 Å². The highest BCUT2D eigenvalue weighted by molar-refractivity contribution is 5.99. The van der Waals surface area contributed by atoms with Gasteiger partial charge in [0.15, 0.2) is 5.78 Å². The van der Waals surface area contributed by atoms with Gasteiger partial charge in [-0.25, -0.2) is 9.37 Å². The van der Waals surface area contributed by atoms with E-state index in [1.54, 1.807) is 23.8 Å². The standard InChI is InChI=1S/C26H31FN6O2/c1-16-20-15-28-26(29-18-8-9-22(21(27)14-18)32-12-10-31(3)11-13-32)30-24(20)33(19-6-4-5-7-19)25(35)23(16)17(2)34/h8-9,14-15,19H,4-7,10-13H2,1-3H3,(H,28,29,30). The zero-order valence-corrected chi connectivity index (χ0v) is 20.5. The number of hydrogen-bond donors (Lipinski definition) is 1. The van der Waals surface area contributed by atoms with Crippen molar-refractivity contribution in [3.8, 4) is 0 Å². The molecule has 0 unspecified atom stereocenters. The summed E-state index contributed by atoms with van der Waals surface area (Å²) in [5.74, 6) is -0.269. The van der Waals surface area contributed by atoms with E-state index in [0.717, 1.165) is 51.9 Å². The summed E-state index contributed by atoms with van der Waals surface area (Å²) >= 11 is 0. The molecule has 184 valence electrons. The van der Waals surface area contributed by atoms with Crippen LogP contribution in [0.4, 0.5) is 21.7 Å². The van der Waals surface area contributed by atoms with Crippen molar-refractivity contribution >= 4 is 34.1 Å². The van der Waals surface area contributed by atoms with Crippen LogP contribution in [0, 0.1) is 12.7 Å². The van der Waals surface area contributed by atoms with Gasteiger partial charge in [-0.2, -0.15) is 4.98 Å². The zero-order valence-electron chi connectivity index (χ0n) is 20.5. The third-order valence-corrected chi connectivity index (χ3v) is 7.30. The Morgan fingerprint density at radius 2 is 1.86 bits per heavy atom. The smallest absolute Gasteiger partial charge is 0.263 e. The number of likely N-dealkylation sites (N-methyl/N-ethyl adjacent to an activating group) is 1. The highest BCUT2D eigenvalue weighted by Crippen LogP contribution is 2.32. The quantitative estimate of drug-likeness (QED) is 0.554. The summed E-state index contributed by atoms with van der Waals surface area (Å²) in [6, 6.07) is 5.06. The fourth-order valence-electron chi connectivity index (χ4n) is 5.33. The van der Waals surface area contributed by atoms with E-state index in [0.29, 0.717) is 28.0 Å². The Morgan fingerprint density at radius 1 is 1.14 bits per heavy atom. The Balaban J connectivity index is 1.50. The average Bonchev–Trinajstić information content (AvgIpc) is 3.34. The van der Waals surface area contributed by atoms with Crippen LogP contribution >= 0.6 is 0 Å². The van der Waals surface area contributed by atoms with Gasteiger partial charge in [0.25, 0.3) is 5.56 Å². The molecule has 9 heteroatoms. The number of hydrogen-bond acceptors (Lipinski definition) is 7. The van der Waals surface area contributed by atoms with Crippen molar-refractivity contribution in [1.29, 1.82) is 0 Å². The Labute approximate surface area is 203 Å². The summed E-state index contributed by atoms with van der Waals surface area (Å²) in [6.07, 6.45) is 5.47. The van der Waals surface area contributed by atoms with E-state index in [1.165, 1.54) is 13.0 Å². The van der Waals surface area contributed by atoms with Crippen molar-refractivity contribution in [1.82, 2.24) is 19.4 Å². The molecule has 1 N–H and O–H groups in total. The summed E-state index contributed by atoms with van der Waals surface area (Å²) in [5, 5.41) is 3.78. The van der Waals surface area contributed by atoms with E-state index < -0.39 is 0 Å². The number of aryl methyl sites for hydroxylation is 1. The first kappa shape index (κ1) is 23.4. The van der Waals surface area contributed by atoms with E-state index in [9.17, 15) is 14.0 Å². The third kappa shape index (κ3) is 4.40. The van der Waals surface area contributed by atoms with E-state index in [1.807, 2.05) is 6.07 Å². The fourth-order valence-corrected chi connectivity index (χ4v) is 5.33. The minimum atomic E-state index is -0.301. The second kappa shape index (κ2) is 9.37. The summed E-state index contributed by atoms with van der Waals surface area (Å²) in [4.78, 5) is 39.0. The number of pyridine rings is 1. The second-order valence-corrected chi connectivity index (χ2v) is 9.68. The number of benzene rings is 1. The monoisotopic (exact) mass is 478 g/mol. The number of nitrogens with one attached hydrogen (secondary N) is 1. The van der Waals surface area contributed by atoms with E-state index in [2.05, 4.69) is 32.1 Å². The number of piperazine rings is 1. The lowest BCUT2D eigenvalue weighted by Gasteiger charge is -2.34. The van der Waals surface area contributed by atoms with Crippen LogP contribution in [0.3, 0.4) is 0 Å². The van der Waals surface area contributed by atoms with Gasteiger partial charge in [0.05, 0.1) is 11.3 Å². The Kier molecular flexibility index (Phi) is 6.27. The molecule has 2 fully saturated rings. The van der Waals surface area contributed by atoms with Gasteiger partial charge in [-0.05, 0) is 57.5 Å². The largest absolute Gasteiger partial charge is 0.367 e. The van der Waals surface area contributed by atoms with Crippen molar-refractivity contribution < 1.29 is 9.18 Å². The molecule has 2 aromatic heterocycles. The minimum absolute atomic E-state index is 0.00626. The molecule has 0 bridgehead atoms. The number of Topliss-reactive ketones (excluding diaryl/α,β-unsaturated/α-hetero) is 1. The van der Waals surface area contributed by atoms with Gasteiger partial charge < -0.3 is 15.1 Å². The van der Waals surface area contributed by atoms with Crippen LogP contribution < -0.4 is 15.8 Å². The van der Waals surface area contributed by atoms with E-state index >= 15 is 0 Å². The summed E-state index contributed by atoms with van der Waals surface area (Å²) in [6.45, 7) is 6.56. The molecule has 1 aliphatic heterocycles. The molecule has 1 aliphatic carbocycles. The van der Waals surface area contributed by atoms with Crippen LogP contribution in [-0.2, 0) is 0 Å². The minimum Gasteiger partial charge on any atom is -0.367 e. The maximum absolute atomic E-state index is 15.0. The molecule has 3 heterocycles. The lowest BCUT2D eigenvalue weighted by Crippen LogP contribution is -2.44. The van der Waals surface area contributed by atoms with Gasteiger partial charge in [-0.15, -0.1) is 0 Å². The molecule has 8 nitrogen and oxygen atoms in total. The molecule has 1 saturated carbocycles. The zero-order chi connectivity index (χ0) is 24.7. The van der Waals surface area contributed by atoms with Gasteiger partial charge in [0.1, 0.15) is 11.5 Å². The van der Waals surface area contributed by atoms with Crippen LogP contribution in [0.1, 0.15) is 54.6 Å². The first-order valence-corrected chi connectivity index (χ1v) is 12.3. The Bertz CT molecular complexity index is 1340. The highest BCUT2D eigenvalue weighted by atomic mass is 19.1. The molecule has 5 rings (SSSR count). The number of fused-ring (bicyclic) bond motifs is 1. The number of rotatable bonds is 5. The summed E-state index contributed by atoms with van der Waals surface area (Å²) in [7, 11) is 2.07. The van der Waals surface area contributed by atoms with Crippen LogP contribution in [0.25, 0.3) is 11.0 Å². The van der Waals surface area contributed by atoms with Crippen LogP contribution in [-0.4, -0.2) is 58.4 Å². The normalized spacial score (nSPS) is 17.3. The maximum Gasteiger partial charge on any atom is 0.263 e. The molecule has 2 aliphatic rings. The van der Waals surface area contributed by atoms with Crippen molar-refractivity contribution in [2.24, 2.45) is 0 Å². The molecule has 35 heavy (non-hydrogen) atoms. The fraction of sp³-hybridized carbons (Fsp3) is 0.462. The SMILES string of the molecule is CC(=O)c1c(C)c2cnc(Nc3ccc(N4CCN(C)CC4)c(F)c3)nc2n(C2CCCC2)c1=O. The Morgan fingerprint density at radius 3 is 2.51 bits per heavy atom. The predicted octanol–water partition coefficient (Wildman–Crippen LogP) is 4.05. The van der Waals surface area contributed by atoms with Gasteiger partial charge in [0.2, 0.25) is 5.95 Å². The van der Waals surface area contributed by atoms with Gasteiger partial charge >= 0.3 is 0 Å². The molecule has 0 atom stereocenters. The number of carbonyl (C=O) groups excluding carboxylic acids is 1. The Hall–Kier alpha value is -3.33. The highest BCUT2D eigenvalue weighted by Gasteiger charge is 2.26. The molecular weight excluding hydrogens is 447 g/mol. The first-order valence-electron chi connectivity index (χ1n) is 12.3. The molecule has 1 aromatic carbocycles. The van der Waals surface area contributed by atoms with Crippen LogP contribution in [0.15, 0.2) is 29.2 Å². The summed E-state index contributed by atoms with van der Waals surface area (Å²) < 4.78 is 16.6. The lowest BCUT2D eigenvalue weighted by molar-refractivity contribution is 0.101. The van der Waals surface area contributed by atoms with Crippen molar-refractivity contribution in [3.05, 3.63) is 51.7 Å². The van der Waals surface area contributed by atoms with E-state index in [-0.39, 0.29) is 34.7 Å². The second-order valence-electron chi connectivity index (χ2n) is 9.68. The number of aromatic nitrogens is 3. The molecular formula is C26H31FN6O2. The molecule has 0 amide bonds. The van der Waals surface area contributed by atoms with Gasteiger partial charge in [-0.1, -0.05) is 12.8 Å². The molecule has 0 radical (unpaired) electrons. The van der Waals surface area contributed by atoms with Crippen LogP contribution in [0.5, 0.6) is 0 Å². The number of halogens is 1. The number of carbonyl (C=O) groups is 1. The number of ketones is 1.